The highest BCUT2D eigenvalue weighted by molar-refractivity contribution is 9.10. The molecule has 0 aliphatic heterocycles. The van der Waals surface area contributed by atoms with Crippen LogP contribution in [0.15, 0.2) is 71.2 Å². The van der Waals surface area contributed by atoms with Crippen LogP contribution < -0.4 is 9.47 Å². The van der Waals surface area contributed by atoms with E-state index < -0.39 is 0 Å². The summed E-state index contributed by atoms with van der Waals surface area (Å²) in [5, 5.41) is 9.60. The first kappa shape index (κ1) is 19.7. The Hall–Kier alpha value is -3.03. The van der Waals surface area contributed by atoms with E-state index in [1.165, 1.54) is 0 Å². The molecule has 28 heavy (non-hydrogen) atoms. The van der Waals surface area contributed by atoms with Gasteiger partial charge in [0.05, 0.1) is 18.8 Å². The molecule has 0 fully saturated rings. The average molecular weight is 434 g/mol. The number of hydrogen-bond acceptors (Lipinski definition) is 3. The molecule has 3 nitrogen and oxygen atoms in total. The number of rotatable bonds is 6. The number of ether oxygens (including phenoxy) is 2. The number of hydrogen-bond donors (Lipinski definition) is 0. The Morgan fingerprint density at radius 1 is 1.04 bits per heavy atom. The zero-order chi connectivity index (χ0) is 19.9. The predicted molar refractivity (Wildman–Crippen MR) is 116 cm³/mol. The number of methoxy groups -OCH3 is 1. The van der Waals surface area contributed by atoms with Gasteiger partial charge in [0.1, 0.15) is 6.61 Å². The van der Waals surface area contributed by atoms with E-state index in [4.69, 9.17) is 9.47 Å². The molecule has 3 aromatic carbocycles. The van der Waals surface area contributed by atoms with Gasteiger partial charge in [0.15, 0.2) is 11.5 Å². The third-order valence-electron chi connectivity index (χ3n) is 4.30. The zero-order valence-electron chi connectivity index (χ0n) is 15.8. The van der Waals surface area contributed by atoms with E-state index in [0.29, 0.717) is 23.7 Å². The van der Waals surface area contributed by atoms with Gasteiger partial charge in [0, 0.05) is 4.47 Å². The molecule has 3 rings (SSSR count). The van der Waals surface area contributed by atoms with Gasteiger partial charge in [0.25, 0.3) is 0 Å². The first-order valence-corrected chi connectivity index (χ1v) is 9.63. The normalized spacial score (nSPS) is 11.0. The van der Waals surface area contributed by atoms with E-state index in [1.807, 2.05) is 79.7 Å². The summed E-state index contributed by atoms with van der Waals surface area (Å²) in [6, 6.07) is 23.9. The van der Waals surface area contributed by atoms with Crippen molar-refractivity contribution in [2.75, 3.05) is 7.11 Å². The molecule has 0 N–H and O–H groups in total. The second-order valence-corrected chi connectivity index (χ2v) is 7.19. The maximum Gasteiger partial charge on any atom is 0.162 e. The maximum absolute atomic E-state index is 9.60. The maximum atomic E-state index is 9.60. The van der Waals surface area contributed by atoms with Crippen molar-refractivity contribution in [2.24, 2.45) is 0 Å². The lowest BCUT2D eigenvalue weighted by molar-refractivity contribution is 0.284. The first-order chi connectivity index (χ1) is 13.6. The van der Waals surface area contributed by atoms with Crippen molar-refractivity contribution >= 4 is 27.6 Å². The molecule has 0 heterocycles. The van der Waals surface area contributed by atoms with Crippen LogP contribution in [0.2, 0.25) is 0 Å². The van der Waals surface area contributed by atoms with Gasteiger partial charge in [-0.3, -0.25) is 0 Å². The van der Waals surface area contributed by atoms with Crippen LogP contribution in [-0.4, -0.2) is 7.11 Å². The lowest BCUT2D eigenvalue weighted by Crippen LogP contribution is -1.98. The van der Waals surface area contributed by atoms with Gasteiger partial charge in [-0.05, 0) is 41.8 Å². The van der Waals surface area contributed by atoms with Crippen LogP contribution in [0.25, 0.3) is 11.6 Å². The monoisotopic (exact) mass is 433 g/mol. The van der Waals surface area contributed by atoms with Crippen molar-refractivity contribution in [1.29, 1.82) is 5.26 Å². The molecular weight excluding hydrogens is 414 g/mol. The van der Waals surface area contributed by atoms with Crippen molar-refractivity contribution in [2.45, 2.75) is 13.5 Å². The van der Waals surface area contributed by atoms with E-state index in [1.54, 1.807) is 7.11 Å². The predicted octanol–water partition coefficient (Wildman–Crippen LogP) is 6.41. The van der Waals surface area contributed by atoms with Gasteiger partial charge in [0.2, 0.25) is 0 Å². The second kappa shape index (κ2) is 9.25. The Kier molecular flexibility index (Phi) is 6.52. The molecule has 0 unspecified atom stereocenters. The molecule has 140 valence electrons. The van der Waals surface area contributed by atoms with E-state index in [2.05, 4.69) is 22.0 Å². The lowest BCUT2D eigenvalue weighted by atomic mass is 10.0. The van der Waals surface area contributed by atoms with Crippen LogP contribution in [0.3, 0.4) is 0 Å². The Morgan fingerprint density at radius 2 is 1.75 bits per heavy atom. The summed E-state index contributed by atoms with van der Waals surface area (Å²) in [6.07, 6.45) is 1.85. The minimum Gasteiger partial charge on any atom is -0.493 e. The van der Waals surface area contributed by atoms with Crippen molar-refractivity contribution < 1.29 is 9.47 Å². The van der Waals surface area contributed by atoms with Gasteiger partial charge in [-0.15, -0.1) is 0 Å². The van der Waals surface area contributed by atoms with E-state index in [0.717, 1.165) is 26.7 Å². The third kappa shape index (κ3) is 4.82. The molecule has 0 saturated carbocycles. The van der Waals surface area contributed by atoms with Gasteiger partial charge >= 0.3 is 0 Å². The SMILES string of the molecule is COc1cc(/C=C(/C#N)c2ccc(C)cc2)c(Br)cc1OCc1ccccc1. The Bertz CT molecular complexity index is 1020. The summed E-state index contributed by atoms with van der Waals surface area (Å²) in [5.74, 6) is 1.26. The molecule has 0 saturated heterocycles. The Balaban J connectivity index is 1.90. The number of allylic oxidation sites excluding steroid dienone is 1. The molecule has 0 radical (unpaired) electrons. The number of aryl methyl sites for hydroxylation is 1. The first-order valence-electron chi connectivity index (χ1n) is 8.84. The van der Waals surface area contributed by atoms with Crippen molar-refractivity contribution in [3.63, 3.8) is 0 Å². The molecule has 3 aromatic rings. The van der Waals surface area contributed by atoms with E-state index >= 15 is 0 Å². The van der Waals surface area contributed by atoms with Crippen LogP contribution in [0.5, 0.6) is 11.5 Å². The summed E-state index contributed by atoms with van der Waals surface area (Å²) in [6.45, 7) is 2.47. The van der Waals surface area contributed by atoms with Crippen LogP contribution in [0.1, 0.15) is 22.3 Å². The summed E-state index contributed by atoms with van der Waals surface area (Å²) in [4.78, 5) is 0. The molecule has 0 atom stereocenters. The molecule has 0 amide bonds. The zero-order valence-corrected chi connectivity index (χ0v) is 17.4. The van der Waals surface area contributed by atoms with Crippen molar-refractivity contribution in [1.82, 2.24) is 0 Å². The van der Waals surface area contributed by atoms with E-state index in [-0.39, 0.29) is 0 Å². The number of benzene rings is 3. The number of halogens is 1. The molecule has 0 aromatic heterocycles. The number of nitriles is 1. The van der Waals surface area contributed by atoms with Crippen molar-refractivity contribution in [3.8, 4) is 17.6 Å². The fourth-order valence-corrected chi connectivity index (χ4v) is 3.17. The topological polar surface area (TPSA) is 42.2 Å². The van der Waals surface area contributed by atoms with Crippen LogP contribution in [-0.2, 0) is 6.61 Å². The second-order valence-electron chi connectivity index (χ2n) is 6.33. The minimum atomic E-state index is 0.450. The third-order valence-corrected chi connectivity index (χ3v) is 4.99. The summed E-state index contributed by atoms with van der Waals surface area (Å²) in [7, 11) is 1.61. The highest BCUT2D eigenvalue weighted by Crippen LogP contribution is 2.35. The van der Waals surface area contributed by atoms with E-state index in [9.17, 15) is 5.26 Å². The highest BCUT2D eigenvalue weighted by Gasteiger charge is 2.11. The van der Waals surface area contributed by atoms with Crippen LogP contribution in [0.4, 0.5) is 0 Å². The highest BCUT2D eigenvalue weighted by atomic mass is 79.9. The molecule has 0 spiro atoms. The van der Waals surface area contributed by atoms with Crippen LogP contribution in [0, 0.1) is 18.3 Å². The molecule has 4 heteroatoms. The van der Waals surface area contributed by atoms with Gasteiger partial charge in [-0.1, -0.05) is 76.1 Å². The van der Waals surface area contributed by atoms with Crippen molar-refractivity contribution in [3.05, 3.63) is 93.5 Å². The standard InChI is InChI=1S/C24H20BrNO2/c1-17-8-10-19(11-9-17)21(15-26)12-20-13-23(27-2)24(14-22(20)25)28-16-18-6-4-3-5-7-18/h3-14H,16H2,1-2H3/b21-12-. The average Bonchev–Trinajstić information content (AvgIpc) is 2.73. The molecule has 0 aliphatic carbocycles. The fourth-order valence-electron chi connectivity index (χ4n) is 2.74. The Morgan fingerprint density at radius 3 is 2.39 bits per heavy atom. The van der Waals surface area contributed by atoms with Crippen LogP contribution >= 0.6 is 15.9 Å². The molecular formula is C24H20BrNO2. The molecule has 0 aliphatic rings. The molecule has 0 bridgehead atoms. The Labute approximate surface area is 174 Å². The number of nitrogens with zero attached hydrogens (tertiary/aromatic N) is 1. The smallest absolute Gasteiger partial charge is 0.162 e. The summed E-state index contributed by atoms with van der Waals surface area (Å²) >= 11 is 3.59. The largest absolute Gasteiger partial charge is 0.493 e. The minimum absolute atomic E-state index is 0.450. The quantitative estimate of drug-likeness (QED) is 0.333. The summed E-state index contributed by atoms with van der Waals surface area (Å²) in [5.41, 5.74) is 4.55. The van der Waals surface area contributed by atoms with Gasteiger partial charge < -0.3 is 9.47 Å². The lowest BCUT2D eigenvalue weighted by Gasteiger charge is -2.13. The summed E-state index contributed by atoms with van der Waals surface area (Å²) < 4.78 is 12.3. The fraction of sp³-hybridized carbons (Fsp3) is 0.125. The van der Waals surface area contributed by atoms with Gasteiger partial charge in [-0.25, -0.2) is 0 Å². The van der Waals surface area contributed by atoms with Gasteiger partial charge in [-0.2, -0.15) is 5.26 Å².